The van der Waals surface area contributed by atoms with Gasteiger partial charge in [0.2, 0.25) is 5.91 Å². The van der Waals surface area contributed by atoms with Gasteiger partial charge in [0.25, 0.3) is 0 Å². The molecule has 27 heavy (non-hydrogen) atoms. The van der Waals surface area contributed by atoms with Crippen molar-refractivity contribution in [3.05, 3.63) is 24.1 Å². The molecule has 1 aromatic rings. The monoisotopic (exact) mass is 373 g/mol. The molecule has 1 aromatic heterocycles. The Morgan fingerprint density at radius 3 is 3.04 bits per heavy atom. The van der Waals surface area contributed by atoms with Crippen LogP contribution in [0.3, 0.4) is 0 Å². The Morgan fingerprint density at radius 1 is 1.37 bits per heavy atom. The molecular formula is C21H28FN3O2. The first-order chi connectivity index (χ1) is 13.1. The van der Waals surface area contributed by atoms with Gasteiger partial charge in [-0.2, -0.15) is 0 Å². The number of anilines is 1. The minimum absolute atomic E-state index is 0.185. The van der Waals surface area contributed by atoms with E-state index in [0.29, 0.717) is 43.1 Å². The molecule has 0 aromatic carbocycles. The molecule has 4 fully saturated rings. The fourth-order valence-electron chi connectivity index (χ4n) is 6.02. The lowest BCUT2D eigenvalue weighted by atomic mass is 9.73. The number of ether oxygens (including phenoxy) is 1. The van der Waals surface area contributed by atoms with Gasteiger partial charge in [-0.25, -0.2) is 9.37 Å². The number of rotatable bonds is 5. The van der Waals surface area contributed by atoms with Crippen LogP contribution in [0.15, 0.2) is 18.3 Å². The van der Waals surface area contributed by atoms with Gasteiger partial charge in [0.15, 0.2) is 11.6 Å². The average Bonchev–Trinajstić information content (AvgIpc) is 3.41. The van der Waals surface area contributed by atoms with E-state index in [1.165, 1.54) is 31.7 Å². The smallest absolute Gasteiger partial charge is 0.220 e. The molecule has 1 amide bonds. The summed E-state index contributed by atoms with van der Waals surface area (Å²) in [5.41, 5.74) is -0.185. The van der Waals surface area contributed by atoms with E-state index in [2.05, 4.69) is 10.3 Å². The predicted octanol–water partition coefficient (Wildman–Crippen LogP) is 2.90. The first-order valence-corrected chi connectivity index (χ1v) is 10.4. The normalized spacial score (nSPS) is 35.0. The van der Waals surface area contributed by atoms with E-state index in [0.717, 1.165) is 19.4 Å². The maximum absolute atomic E-state index is 14.2. The van der Waals surface area contributed by atoms with Crippen LogP contribution < -0.4 is 10.2 Å². The van der Waals surface area contributed by atoms with Crippen molar-refractivity contribution in [2.75, 3.05) is 24.5 Å². The van der Waals surface area contributed by atoms with Crippen molar-refractivity contribution < 1.29 is 13.9 Å². The summed E-state index contributed by atoms with van der Waals surface area (Å²) in [4.78, 5) is 18.6. The van der Waals surface area contributed by atoms with Gasteiger partial charge < -0.3 is 15.0 Å². The molecular weight excluding hydrogens is 345 g/mol. The third-order valence-electron chi connectivity index (χ3n) is 7.31. The number of halogens is 1. The number of amides is 1. The summed E-state index contributed by atoms with van der Waals surface area (Å²) in [7, 11) is 0. The highest BCUT2D eigenvalue weighted by Crippen LogP contribution is 2.55. The number of hydrogen-bond acceptors (Lipinski definition) is 4. The second kappa shape index (κ2) is 6.73. The van der Waals surface area contributed by atoms with Crippen LogP contribution in [0.5, 0.6) is 0 Å². The quantitative estimate of drug-likeness (QED) is 0.862. The number of nitrogens with one attached hydrogen (secondary N) is 1. The lowest BCUT2D eigenvalue weighted by molar-refractivity contribution is -0.122. The van der Waals surface area contributed by atoms with Gasteiger partial charge in [-0.05, 0) is 43.7 Å². The number of fused-ring (bicyclic) bond motifs is 1. The minimum Gasteiger partial charge on any atom is -0.369 e. The molecule has 4 aliphatic rings. The van der Waals surface area contributed by atoms with Crippen molar-refractivity contribution in [3.63, 3.8) is 0 Å². The molecule has 5 nitrogen and oxygen atoms in total. The average molecular weight is 373 g/mol. The van der Waals surface area contributed by atoms with Crippen LogP contribution in [0, 0.1) is 23.6 Å². The Labute approximate surface area is 159 Å². The summed E-state index contributed by atoms with van der Waals surface area (Å²) in [6, 6.07) is 3.09. The predicted molar refractivity (Wildman–Crippen MR) is 99.8 cm³/mol. The molecule has 1 saturated carbocycles. The third kappa shape index (κ3) is 3.02. The molecule has 4 heterocycles. The van der Waals surface area contributed by atoms with Gasteiger partial charge in [0.05, 0.1) is 11.7 Å². The highest BCUT2D eigenvalue weighted by molar-refractivity contribution is 5.76. The molecule has 1 N–H and O–H groups in total. The number of aromatic nitrogens is 1. The zero-order valence-corrected chi connectivity index (χ0v) is 15.7. The fraction of sp³-hybridized carbons (Fsp3) is 0.714. The highest BCUT2D eigenvalue weighted by Gasteiger charge is 2.63. The first-order valence-electron chi connectivity index (χ1n) is 10.4. The van der Waals surface area contributed by atoms with Crippen molar-refractivity contribution in [3.8, 4) is 0 Å². The Balaban J connectivity index is 1.24. The zero-order valence-electron chi connectivity index (χ0n) is 15.7. The van der Waals surface area contributed by atoms with Crippen LogP contribution in [-0.4, -0.2) is 42.2 Å². The van der Waals surface area contributed by atoms with E-state index in [1.54, 1.807) is 12.3 Å². The van der Waals surface area contributed by atoms with Crippen LogP contribution in [0.25, 0.3) is 0 Å². The molecule has 5 rings (SSSR count). The standard InChI is InChI=1S/C21H28FN3O2/c22-17-6-3-9-23-20(17)25-12-16-15(18-7-8-21(16,13-25)27-18)11-24-19(26)10-14-4-1-2-5-14/h3,6,9,14-16,18H,1-2,4-5,7-8,10-13H2,(H,24,26)/t15-,16+,18+,21+/m0/s1. The topological polar surface area (TPSA) is 54.5 Å². The summed E-state index contributed by atoms with van der Waals surface area (Å²) >= 11 is 0. The van der Waals surface area contributed by atoms with Crippen molar-refractivity contribution in [2.24, 2.45) is 17.8 Å². The Hall–Kier alpha value is -1.69. The van der Waals surface area contributed by atoms with E-state index < -0.39 is 0 Å². The molecule has 1 spiro atoms. The van der Waals surface area contributed by atoms with Gasteiger partial charge in [-0.15, -0.1) is 0 Å². The highest BCUT2D eigenvalue weighted by atomic mass is 19.1. The van der Waals surface area contributed by atoms with Gasteiger partial charge in [0.1, 0.15) is 0 Å². The lowest BCUT2D eigenvalue weighted by Crippen LogP contribution is -2.42. The van der Waals surface area contributed by atoms with E-state index in [1.807, 2.05) is 4.90 Å². The van der Waals surface area contributed by atoms with Crippen molar-refractivity contribution in [1.29, 1.82) is 0 Å². The van der Waals surface area contributed by atoms with Gasteiger partial charge in [-0.1, -0.05) is 12.8 Å². The zero-order chi connectivity index (χ0) is 18.4. The Kier molecular flexibility index (Phi) is 4.34. The van der Waals surface area contributed by atoms with Crippen LogP contribution in [0.1, 0.15) is 44.9 Å². The Morgan fingerprint density at radius 2 is 2.22 bits per heavy atom. The molecule has 4 atom stereocenters. The molecule has 3 saturated heterocycles. The number of carbonyl (C=O) groups excluding carboxylic acids is 1. The largest absolute Gasteiger partial charge is 0.369 e. The summed E-state index contributed by atoms with van der Waals surface area (Å²) in [5, 5.41) is 3.18. The maximum atomic E-state index is 14.2. The summed E-state index contributed by atoms with van der Waals surface area (Å²) < 4.78 is 20.6. The number of carbonyl (C=O) groups is 1. The number of hydrogen-bond donors (Lipinski definition) is 1. The van der Waals surface area contributed by atoms with Gasteiger partial charge in [0, 0.05) is 44.1 Å². The molecule has 6 heteroatoms. The molecule has 3 aliphatic heterocycles. The summed E-state index contributed by atoms with van der Waals surface area (Å²) in [5.74, 6) is 1.57. The molecule has 0 unspecified atom stereocenters. The van der Waals surface area contributed by atoms with E-state index in [-0.39, 0.29) is 23.4 Å². The second-order valence-electron chi connectivity index (χ2n) is 8.88. The lowest BCUT2D eigenvalue weighted by Gasteiger charge is -2.29. The minimum atomic E-state index is -0.273. The van der Waals surface area contributed by atoms with E-state index in [4.69, 9.17) is 4.74 Å². The summed E-state index contributed by atoms with van der Waals surface area (Å²) in [6.07, 6.45) is 9.53. The third-order valence-corrected chi connectivity index (χ3v) is 7.31. The van der Waals surface area contributed by atoms with Crippen LogP contribution in [0.4, 0.5) is 10.2 Å². The van der Waals surface area contributed by atoms with Gasteiger partial charge >= 0.3 is 0 Å². The van der Waals surface area contributed by atoms with Crippen molar-refractivity contribution in [1.82, 2.24) is 10.3 Å². The summed E-state index contributed by atoms with van der Waals surface area (Å²) in [6.45, 7) is 2.14. The van der Waals surface area contributed by atoms with Crippen LogP contribution >= 0.6 is 0 Å². The second-order valence-corrected chi connectivity index (χ2v) is 8.88. The molecule has 0 radical (unpaired) electrons. The SMILES string of the molecule is O=C(CC1CCCC1)NC[C@H]1[C@H]2CN(c3ncccc3F)C[C@]23CC[C@H]1O3. The Bertz CT molecular complexity index is 723. The van der Waals surface area contributed by atoms with Gasteiger partial charge in [-0.3, -0.25) is 4.79 Å². The molecule has 146 valence electrons. The number of nitrogens with zero attached hydrogens (tertiary/aromatic N) is 2. The number of pyridine rings is 1. The van der Waals surface area contributed by atoms with Crippen LogP contribution in [0.2, 0.25) is 0 Å². The molecule has 2 bridgehead atoms. The van der Waals surface area contributed by atoms with Crippen LogP contribution in [-0.2, 0) is 9.53 Å². The maximum Gasteiger partial charge on any atom is 0.220 e. The fourth-order valence-corrected chi connectivity index (χ4v) is 6.02. The van der Waals surface area contributed by atoms with Crippen molar-refractivity contribution in [2.45, 2.75) is 56.7 Å². The van der Waals surface area contributed by atoms with E-state index in [9.17, 15) is 9.18 Å². The first kappa shape index (κ1) is 17.4. The molecule has 1 aliphatic carbocycles. The van der Waals surface area contributed by atoms with Crippen molar-refractivity contribution >= 4 is 11.7 Å². The van der Waals surface area contributed by atoms with E-state index >= 15 is 0 Å².